The van der Waals surface area contributed by atoms with Gasteiger partial charge in [0.2, 0.25) is 0 Å². The second-order valence-electron chi connectivity index (χ2n) is 5.72. The number of anilines is 2. The first-order valence-electron chi connectivity index (χ1n) is 7.48. The summed E-state index contributed by atoms with van der Waals surface area (Å²) in [5, 5.41) is 4.37. The van der Waals surface area contributed by atoms with E-state index in [0.717, 1.165) is 43.9 Å². The van der Waals surface area contributed by atoms with Gasteiger partial charge < -0.3 is 15.5 Å². The van der Waals surface area contributed by atoms with Crippen molar-refractivity contribution in [2.75, 3.05) is 29.4 Å². The maximum absolute atomic E-state index is 13.5. The minimum absolute atomic E-state index is 0.228. The van der Waals surface area contributed by atoms with Gasteiger partial charge in [-0.05, 0) is 25.3 Å². The summed E-state index contributed by atoms with van der Waals surface area (Å²) in [6.07, 6.45) is 9.78. The van der Waals surface area contributed by atoms with Crippen molar-refractivity contribution >= 4 is 11.5 Å². The standard InChI is InChI=1S/C15H22FN5/c1-19-15(20-7-3-5-13(17)6-9-20)14(10-18-19)21-8-2-4-12(16)11-21/h2,4,10-11,13H,3,5-9,17H2,1H3/t13-/m1/s1. The zero-order valence-corrected chi connectivity index (χ0v) is 12.4. The van der Waals surface area contributed by atoms with Gasteiger partial charge in [-0.1, -0.05) is 6.08 Å². The number of halogens is 1. The van der Waals surface area contributed by atoms with Crippen molar-refractivity contribution in [1.29, 1.82) is 0 Å². The maximum atomic E-state index is 13.5. The fourth-order valence-corrected chi connectivity index (χ4v) is 3.01. The molecule has 2 N–H and O–H groups in total. The molecule has 0 aliphatic carbocycles. The summed E-state index contributed by atoms with van der Waals surface area (Å²) in [5.74, 6) is 0.817. The first-order chi connectivity index (χ1) is 10.1. The van der Waals surface area contributed by atoms with Gasteiger partial charge in [0.15, 0.2) is 5.82 Å². The van der Waals surface area contributed by atoms with Gasteiger partial charge in [-0.15, -0.1) is 0 Å². The molecule has 2 aliphatic heterocycles. The SMILES string of the molecule is Cn1ncc(N2C=C(F)C=CC2)c1N1CCC[C@@H](N)CC1. The molecular weight excluding hydrogens is 269 g/mol. The van der Waals surface area contributed by atoms with Crippen molar-refractivity contribution in [3.63, 3.8) is 0 Å². The van der Waals surface area contributed by atoms with E-state index < -0.39 is 0 Å². The number of hydrogen-bond donors (Lipinski definition) is 1. The van der Waals surface area contributed by atoms with E-state index in [-0.39, 0.29) is 11.9 Å². The molecule has 0 radical (unpaired) electrons. The summed E-state index contributed by atoms with van der Waals surface area (Å²) in [7, 11) is 1.93. The molecule has 1 fully saturated rings. The fraction of sp³-hybridized carbons (Fsp3) is 0.533. The monoisotopic (exact) mass is 291 g/mol. The topological polar surface area (TPSA) is 50.3 Å². The minimum atomic E-state index is -0.228. The summed E-state index contributed by atoms with van der Waals surface area (Å²) in [4.78, 5) is 4.22. The quantitative estimate of drug-likeness (QED) is 0.904. The summed E-state index contributed by atoms with van der Waals surface area (Å²) < 4.78 is 15.4. The summed E-state index contributed by atoms with van der Waals surface area (Å²) in [5.41, 5.74) is 7.01. The van der Waals surface area contributed by atoms with E-state index >= 15 is 0 Å². The third-order valence-corrected chi connectivity index (χ3v) is 4.13. The van der Waals surface area contributed by atoms with Crippen LogP contribution in [0.4, 0.5) is 15.9 Å². The average Bonchev–Trinajstić information content (AvgIpc) is 2.71. The van der Waals surface area contributed by atoms with Crippen molar-refractivity contribution in [3.05, 3.63) is 30.4 Å². The van der Waals surface area contributed by atoms with Gasteiger partial charge in [0, 0.05) is 38.9 Å². The first-order valence-corrected chi connectivity index (χ1v) is 7.48. The second-order valence-corrected chi connectivity index (χ2v) is 5.72. The molecule has 5 nitrogen and oxygen atoms in total. The number of allylic oxidation sites excluding steroid dienone is 2. The Kier molecular flexibility index (Phi) is 3.96. The molecule has 1 saturated heterocycles. The molecule has 3 heterocycles. The number of rotatable bonds is 2. The number of aromatic nitrogens is 2. The largest absolute Gasteiger partial charge is 0.355 e. The number of nitrogens with zero attached hydrogens (tertiary/aromatic N) is 4. The van der Waals surface area contributed by atoms with E-state index in [4.69, 9.17) is 5.73 Å². The summed E-state index contributed by atoms with van der Waals surface area (Å²) >= 11 is 0. The molecule has 1 aromatic heterocycles. The predicted molar refractivity (Wildman–Crippen MR) is 82.9 cm³/mol. The molecule has 1 atom stereocenters. The molecule has 6 heteroatoms. The van der Waals surface area contributed by atoms with Crippen LogP contribution in [0, 0.1) is 0 Å². The lowest BCUT2D eigenvalue weighted by Gasteiger charge is -2.28. The molecule has 0 spiro atoms. The Labute approximate surface area is 124 Å². The van der Waals surface area contributed by atoms with E-state index in [1.807, 2.05) is 28.9 Å². The molecule has 0 bridgehead atoms. The Bertz CT molecular complexity index is 562. The highest BCUT2D eigenvalue weighted by molar-refractivity contribution is 5.69. The van der Waals surface area contributed by atoms with Crippen molar-refractivity contribution < 1.29 is 4.39 Å². The van der Waals surface area contributed by atoms with Gasteiger partial charge in [0.25, 0.3) is 0 Å². The lowest BCUT2D eigenvalue weighted by molar-refractivity contribution is 0.601. The average molecular weight is 291 g/mol. The van der Waals surface area contributed by atoms with Crippen LogP contribution in [0.3, 0.4) is 0 Å². The highest BCUT2D eigenvalue weighted by atomic mass is 19.1. The van der Waals surface area contributed by atoms with Gasteiger partial charge in [0.1, 0.15) is 11.5 Å². The zero-order valence-electron chi connectivity index (χ0n) is 12.4. The second kappa shape index (κ2) is 5.89. The smallest absolute Gasteiger partial charge is 0.150 e. The number of nitrogens with two attached hydrogens (primary N) is 1. The molecule has 114 valence electrons. The van der Waals surface area contributed by atoms with Crippen LogP contribution in [0.2, 0.25) is 0 Å². The van der Waals surface area contributed by atoms with Crippen molar-refractivity contribution in [2.45, 2.75) is 25.3 Å². The molecule has 0 amide bonds. The van der Waals surface area contributed by atoms with Crippen LogP contribution in [0.25, 0.3) is 0 Å². The molecule has 0 unspecified atom stereocenters. The van der Waals surface area contributed by atoms with E-state index in [1.165, 1.54) is 12.3 Å². The molecule has 0 saturated carbocycles. The van der Waals surface area contributed by atoms with E-state index in [0.29, 0.717) is 6.54 Å². The normalized spacial score (nSPS) is 23.2. The molecule has 3 rings (SSSR count). The van der Waals surface area contributed by atoms with E-state index in [1.54, 1.807) is 0 Å². The van der Waals surface area contributed by atoms with Gasteiger partial charge in [-0.25, -0.2) is 4.39 Å². The Balaban J connectivity index is 1.88. The highest BCUT2D eigenvalue weighted by Crippen LogP contribution is 2.32. The van der Waals surface area contributed by atoms with Crippen LogP contribution in [-0.2, 0) is 7.05 Å². The summed E-state index contributed by atoms with van der Waals surface area (Å²) in [6, 6.07) is 0.280. The molecule has 21 heavy (non-hydrogen) atoms. The van der Waals surface area contributed by atoms with Crippen LogP contribution in [-0.4, -0.2) is 35.5 Å². The van der Waals surface area contributed by atoms with Gasteiger partial charge >= 0.3 is 0 Å². The fourth-order valence-electron chi connectivity index (χ4n) is 3.01. The Hall–Kier alpha value is -1.82. The van der Waals surface area contributed by atoms with E-state index in [9.17, 15) is 4.39 Å². The molecular formula is C15H22FN5. The number of hydrogen-bond acceptors (Lipinski definition) is 4. The zero-order chi connectivity index (χ0) is 14.8. The van der Waals surface area contributed by atoms with Gasteiger partial charge in [-0.2, -0.15) is 5.10 Å². The molecule has 2 aliphatic rings. The summed E-state index contributed by atoms with van der Waals surface area (Å²) in [6.45, 7) is 2.55. The van der Waals surface area contributed by atoms with Crippen LogP contribution in [0.15, 0.2) is 30.4 Å². The molecule has 1 aromatic rings. The Morgan fingerprint density at radius 3 is 3.00 bits per heavy atom. The van der Waals surface area contributed by atoms with Crippen LogP contribution in [0.1, 0.15) is 19.3 Å². The first kappa shape index (κ1) is 14.1. The van der Waals surface area contributed by atoms with Gasteiger partial charge in [-0.3, -0.25) is 4.68 Å². The van der Waals surface area contributed by atoms with Crippen LogP contribution < -0.4 is 15.5 Å². The third-order valence-electron chi connectivity index (χ3n) is 4.13. The Morgan fingerprint density at radius 2 is 2.19 bits per heavy atom. The van der Waals surface area contributed by atoms with Crippen molar-refractivity contribution in [2.24, 2.45) is 12.8 Å². The van der Waals surface area contributed by atoms with Gasteiger partial charge in [0.05, 0.1) is 6.20 Å². The maximum Gasteiger partial charge on any atom is 0.150 e. The molecule has 0 aromatic carbocycles. The minimum Gasteiger partial charge on any atom is -0.355 e. The van der Waals surface area contributed by atoms with Crippen LogP contribution >= 0.6 is 0 Å². The third kappa shape index (κ3) is 2.95. The van der Waals surface area contributed by atoms with Crippen molar-refractivity contribution in [1.82, 2.24) is 9.78 Å². The van der Waals surface area contributed by atoms with Crippen molar-refractivity contribution in [3.8, 4) is 0 Å². The lowest BCUT2D eigenvalue weighted by atomic mass is 10.1. The highest BCUT2D eigenvalue weighted by Gasteiger charge is 2.23. The van der Waals surface area contributed by atoms with E-state index in [2.05, 4.69) is 10.00 Å². The predicted octanol–water partition coefficient (Wildman–Crippen LogP) is 1.92. The Morgan fingerprint density at radius 1 is 1.33 bits per heavy atom. The van der Waals surface area contributed by atoms with Crippen LogP contribution in [0.5, 0.6) is 0 Å². The number of aryl methyl sites for hydroxylation is 1. The lowest BCUT2D eigenvalue weighted by Crippen LogP contribution is -2.30.